The maximum atomic E-state index is 12.2. The molecule has 2 rings (SSSR count). The molecule has 4 heteroatoms. The van der Waals surface area contributed by atoms with E-state index in [2.05, 4.69) is 0 Å². The van der Waals surface area contributed by atoms with E-state index in [1.807, 2.05) is 25.1 Å². The number of nitrogen functional groups attached to an aromatic ring is 1. The van der Waals surface area contributed by atoms with Gasteiger partial charge in [0, 0.05) is 18.8 Å². The molecule has 3 N–H and O–H groups in total. The Kier molecular flexibility index (Phi) is 3.33. The largest absolute Gasteiger partial charge is 0.399 e. The lowest BCUT2D eigenvalue weighted by Crippen LogP contribution is -2.33. The zero-order valence-corrected chi connectivity index (χ0v) is 9.97. The summed E-state index contributed by atoms with van der Waals surface area (Å²) in [6, 6.07) is 7.40. The Labute approximate surface area is 101 Å². The highest BCUT2D eigenvalue weighted by molar-refractivity contribution is 5.83. The summed E-state index contributed by atoms with van der Waals surface area (Å²) in [7, 11) is 0. The third kappa shape index (κ3) is 2.58. The number of carbonyl (C=O) groups is 1. The minimum Gasteiger partial charge on any atom is -0.399 e. The molecule has 1 aliphatic heterocycles. The van der Waals surface area contributed by atoms with Crippen LogP contribution in [0.4, 0.5) is 5.69 Å². The van der Waals surface area contributed by atoms with Gasteiger partial charge >= 0.3 is 0 Å². The standard InChI is InChI=1S/C13H18N2O2/c1-9(10-3-2-4-11(14)7-10)13(17)15-6-5-12(16)8-15/h2-4,7,9,12,16H,5-6,8,14H2,1H3/t9?,12-/m0/s1. The van der Waals surface area contributed by atoms with Crippen molar-refractivity contribution in [3.05, 3.63) is 29.8 Å². The van der Waals surface area contributed by atoms with E-state index in [1.165, 1.54) is 0 Å². The third-order valence-electron chi connectivity index (χ3n) is 3.26. The molecule has 1 saturated heterocycles. The lowest BCUT2D eigenvalue weighted by Gasteiger charge is -2.20. The number of β-amino-alcohol motifs (C(OH)–C–C–N with tert-alkyl or cyclic N) is 1. The molecule has 1 heterocycles. The Balaban J connectivity index is 2.09. The van der Waals surface area contributed by atoms with Crippen LogP contribution in [0.15, 0.2) is 24.3 Å². The lowest BCUT2D eigenvalue weighted by atomic mass is 9.99. The topological polar surface area (TPSA) is 66.6 Å². The van der Waals surface area contributed by atoms with Gasteiger partial charge in [0.05, 0.1) is 12.0 Å². The van der Waals surface area contributed by atoms with Gasteiger partial charge in [0.15, 0.2) is 0 Å². The molecule has 1 aromatic rings. The first kappa shape index (κ1) is 11.9. The van der Waals surface area contributed by atoms with Crippen LogP contribution in [0.5, 0.6) is 0 Å². The molecule has 1 amide bonds. The van der Waals surface area contributed by atoms with Gasteiger partial charge in [-0.05, 0) is 31.0 Å². The fourth-order valence-electron chi connectivity index (χ4n) is 2.19. The van der Waals surface area contributed by atoms with Crippen molar-refractivity contribution in [1.29, 1.82) is 0 Å². The highest BCUT2D eigenvalue weighted by Crippen LogP contribution is 2.22. The Morgan fingerprint density at radius 1 is 1.59 bits per heavy atom. The minimum atomic E-state index is -0.369. The number of carbonyl (C=O) groups excluding carboxylic acids is 1. The normalized spacial score (nSPS) is 21.5. The van der Waals surface area contributed by atoms with Gasteiger partial charge in [-0.25, -0.2) is 0 Å². The number of likely N-dealkylation sites (tertiary alicyclic amines) is 1. The van der Waals surface area contributed by atoms with Gasteiger partial charge in [-0.2, -0.15) is 0 Å². The van der Waals surface area contributed by atoms with Crippen LogP contribution in [0.3, 0.4) is 0 Å². The summed E-state index contributed by atoms with van der Waals surface area (Å²) in [6.07, 6.45) is 0.307. The number of nitrogens with zero attached hydrogens (tertiary/aromatic N) is 1. The second-order valence-corrected chi connectivity index (χ2v) is 4.62. The zero-order valence-electron chi connectivity index (χ0n) is 9.97. The first-order chi connectivity index (χ1) is 8.08. The average molecular weight is 234 g/mol. The smallest absolute Gasteiger partial charge is 0.229 e. The fraction of sp³-hybridized carbons (Fsp3) is 0.462. The highest BCUT2D eigenvalue weighted by atomic mass is 16.3. The Bertz CT molecular complexity index is 420. The minimum absolute atomic E-state index is 0.0622. The molecule has 92 valence electrons. The summed E-state index contributed by atoms with van der Waals surface area (Å²) in [4.78, 5) is 13.9. The molecular weight excluding hydrogens is 216 g/mol. The zero-order chi connectivity index (χ0) is 12.4. The number of hydrogen-bond acceptors (Lipinski definition) is 3. The van der Waals surface area contributed by atoms with E-state index < -0.39 is 0 Å². The molecule has 0 radical (unpaired) electrons. The predicted molar refractivity (Wildman–Crippen MR) is 66.5 cm³/mol. The van der Waals surface area contributed by atoms with E-state index in [-0.39, 0.29) is 17.9 Å². The van der Waals surface area contributed by atoms with Crippen molar-refractivity contribution in [2.75, 3.05) is 18.8 Å². The van der Waals surface area contributed by atoms with Crippen molar-refractivity contribution >= 4 is 11.6 Å². The summed E-state index contributed by atoms with van der Waals surface area (Å²) >= 11 is 0. The van der Waals surface area contributed by atoms with E-state index in [1.54, 1.807) is 11.0 Å². The summed E-state index contributed by atoms with van der Waals surface area (Å²) in [6.45, 7) is 2.97. The molecule has 0 spiro atoms. The number of nitrogens with two attached hydrogens (primary N) is 1. The predicted octanol–water partition coefficient (Wildman–Crippen LogP) is 0.966. The number of rotatable bonds is 2. The summed E-state index contributed by atoms with van der Waals surface area (Å²) < 4.78 is 0. The van der Waals surface area contributed by atoms with Gasteiger partial charge < -0.3 is 15.7 Å². The molecule has 2 atom stereocenters. The third-order valence-corrected chi connectivity index (χ3v) is 3.26. The van der Waals surface area contributed by atoms with Gasteiger partial charge in [-0.1, -0.05) is 12.1 Å². The van der Waals surface area contributed by atoms with E-state index in [4.69, 9.17) is 5.73 Å². The Morgan fingerprint density at radius 2 is 2.35 bits per heavy atom. The van der Waals surface area contributed by atoms with Crippen molar-refractivity contribution in [2.24, 2.45) is 0 Å². The lowest BCUT2D eigenvalue weighted by molar-refractivity contribution is -0.131. The molecule has 1 fully saturated rings. The number of aliphatic hydroxyl groups excluding tert-OH is 1. The molecule has 0 aromatic heterocycles. The fourth-order valence-corrected chi connectivity index (χ4v) is 2.19. The van der Waals surface area contributed by atoms with Crippen LogP contribution in [-0.2, 0) is 4.79 Å². The average Bonchev–Trinajstić information content (AvgIpc) is 2.74. The van der Waals surface area contributed by atoms with Crippen LogP contribution in [-0.4, -0.2) is 35.1 Å². The van der Waals surface area contributed by atoms with Crippen molar-refractivity contribution in [1.82, 2.24) is 4.90 Å². The number of amides is 1. The van der Waals surface area contributed by atoms with Crippen LogP contribution >= 0.6 is 0 Å². The van der Waals surface area contributed by atoms with Crippen LogP contribution in [0.25, 0.3) is 0 Å². The number of hydrogen-bond donors (Lipinski definition) is 2. The van der Waals surface area contributed by atoms with E-state index in [9.17, 15) is 9.90 Å². The van der Waals surface area contributed by atoms with Crippen molar-refractivity contribution in [2.45, 2.75) is 25.4 Å². The van der Waals surface area contributed by atoms with Crippen molar-refractivity contribution in [3.63, 3.8) is 0 Å². The van der Waals surface area contributed by atoms with Gasteiger partial charge in [0.25, 0.3) is 0 Å². The monoisotopic (exact) mass is 234 g/mol. The molecule has 1 aliphatic rings. The SMILES string of the molecule is CC(C(=O)N1CC[C@H](O)C1)c1cccc(N)c1. The second kappa shape index (κ2) is 4.75. The quantitative estimate of drug-likeness (QED) is 0.749. The highest BCUT2D eigenvalue weighted by Gasteiger charge is 2.28. The van der Waals surface area contributed by atoms with Crippen molar-refractivity contribution in [3.8, 4) is 0 Å². The van der Waals surface area contributed by atoms with Crippen LogP contribution < -0.4 is 5.73 Å². The summed E-state index contributed by atoms with van der Waals surface area (Å²) in [5.74, 6) is -0.143. The van der Waals surface area contributed by atoms with Crippen molar-refractivity contribution < 1.29 is 9.90 Å². The second-order valence-electron chi connectivity index (χ2n) is 4.62. The molecular formula is C13H18N2O2. The van der Waals surface area contributed by atoms with E-state index in [0.717, 1.165) is 5.56 Å². The summed E-state index contributed by atoms with van der Waals surface area (Å²) in [5.41, 5.74) is 7.30. The molecule has 4 nitrogen and oxygen atoms in total. The van der Waals surface area contributed by atoms with Crippen LogP contribution in [0.1, 0.15) is 24.8 Å². The first-order valence-corrected chi connectivity index (χ1v) is 5.90. The Hall–Kier alpha value is -1.55. The number of aliphatic hydroxyl groups is 1. The number of benzene rings is 1. The molecule has 1 aromatic carbocycles. The van der Waals surface area contributed by atoms with E-state index in [0.29, 0.717) is 25.2 Å². The Morgan fingerprint density at radius 3 is 2.94 bits per heavy atom. The first-order valence-electron chi connectivity index (χ1n) is 5.90. The van der Waals surface area contributed by atoms with E-state index >= 15 is 0 Å². The van der Waals surface area contributed by atoms with Gasteiger partial charge in [0.2, 0.25) is 5.91 Å². The van der Waals surface area contributed by atoms with Gasteiger partial charge in [-0.3, -0.25) is 4.79 Å². The summed E-state index contributed by atoms with van der Waals surface area (Å²) in [5, 5.41) is 9.43. The van der Waals surface area contributed by atoms with Crippen LogP contribution in [0.2, 0.25) is 0 Å². The van der Waals surface area contributed by atoms with Gasteiger partial charge in [-0.15, -0.1) is 0 Å². The molecule has 0 bridgehead atoms. The molecule has 1 unspecified atom stereocenters. The molecule has 0 saturated carbocycles. The van der Waals surface area contributed by atoms with Gasteiger partial charge in [0.1, 0.15) is 0 Å². The maximum Gasteiger partial charge on any atom is 0.229 e. The molecule has 0 aliphatic carbocycles. The number of anilines is 1. The maximum absolute atomic E-state index is 12.2. The molecule has 17 heavy (non-hydrogen) atoms. The van der Waals surface area contributed by atoms with Crippen LogP contribution in [0, 0.1) is 0 Å².